The van der Waals surface area contributed by atoms with E-state index in [1.165, 1.54) is 12.8 Å². The molecule has 6 nitrogen and oxygen atoms in total. The monoisotopic (exact) mass is 368 g/mol. The van der Waals surface area contributed by atoms with Gasteiger partial charge in [0.1, 0.15) is 5.76 Å². The van der Waals surface area contributed by atoms with Crippen LogP contribution < -0.4 is 5.32 Å². The standard InChI is InChI=1S/C21H24N2O4/c24-20-10-17(11-23(20)12-19-5-2-8-27-19)21(25)22-18-4-1-3-16(9-18)14-26-13-15-6-7-15/h1-5,8-9,15,17H,6-7,10-14H2,(H,22,25)/t17-/m0/s1. The minimum Gasteiger partial charge on any atom is -0.467 e. The second kappa shape index (κ2) is 7.96. The Morgan fingerprint density at radius 3 is 2.93 bits per heavy atom. The molecule has 4 rings (SSSR count). The smallest absolute Gasteiger partial charge is 0.229 e. The summed E-state index contributed by atoms with van der Waals surface area (Å²) in [6.07, 6.45) is 4.36. The van der Waals surface area contributed by atoms with Crippen LogP contribution in [-0.4, -0.2) is 29.9 Å². The summed E-state index contributed by atoms with van der Waals surface area (Å²) in [6.45, 7) is 2.18. The maximum atomic E-state index is 12.6. The first-order chi connectivity index (χ1) is 13.2. The number of likely N-dealkylation sites (tertiary alicyclic amines) is 1. The highest BCUT2D eigenvalue weighted by Crippen LogP contribution is 2.29. The normalized spacial score (nSPS) is 19.5. The van der Waals surface area contributed by atoms with Crippen LogP contribution in [0.3, 0.4) is 0 Å². The van der Waals surface area contributed by atoms with E-state index in [2.05, 4.69) is 5.32 Å². The molecule has 27 heavy (non-hydrogen) atoms. The SMILES string of the molecule is O=C(Nc1cccc(COCC2CC2)c1)[C@H]1CC(=O)N(Cc2ccco2)C1. The Balaban J connectivity index is 1.30. The van der Waals surface area contributed by atoms with E-state index in [1.54, 1.807) is 17.2 Å². The zero-order valence-electron chi connectivity index (χ0n) is 15.2. The van der Waals surface area contributed by atoms with Gasteiger partial charge in [-0.15, -0.1) is 0 Å². The zero-order chi connectivity index (χ0) is 18.6. The molecule has 1 aliphatic carbocycles. The molecule has 1 N–H and O–H groups in total. The van der Waals surface area contributed by atoms with Gasteiger partial charge < -0.3 is 19.4 Å². The first-order valence-corrected chi connectivity index (χ1v) is 9.45. The van der Waals surface area contributed by atoms with Gasteiger partial charge in [0.2, 0.25) is 11.8 Å². The number of hydrogen-bond donors (Lipinski definition) is 1. The van der Waals surface area contributed by atoms with Gasteiger partial charge in [0.05, 0.1) is 25.3 Å². The van der Waals surface area contributed by atoms with Gasteiger partial charge in [0, 0.05) is 25.3 Å². The third kappa shape index (κ3) is 4.77. The van der Waals surface area contributed by atoms with Crippen LogP contribution in [0.1, 0.15) is 30.6 Å². The molecule has 2 fully saturated rings. The Morgan fingerprint density at radius 2 is 2.15 bits per heavy atom. The van der Waals surface area contributed by atoms with Gasteiger partial charge in [0.15, 0.2) is 0 Å². The number of furan rings is 1. The predicted octanol–water partition coefficient (Wildman–Crippen LogP) is 3.19. The third-order valence-electron chi connectivity index (χ3n) is 5.03. The largest absolute Gasteiger partial charge is 0.467 e. The molecule has 142 valence electrons. The molecule has 2 heterocycles. The molecule has 0 bridgehead atoms. The highest BCUT2D eigenvalue weighted by Gasteiger charge is 2.34. The van der Waals surface area contributed by atoms with E-state index >= 15 is 0 Å². The zero-order valence-corrected chi connectivity index (χ0v) is 15.2. The Bertz CT molecular complexity index is 798. The van der Waals surface area contributed by atoms with Crippen molar-refractivity contribution >= 4 is 17.5 Å². The lowest BCUT2D eigenvalue weighted by atomic mass is 10.1. The van der Waals surface area contributed by atoms with Crippen molar-refractivity contribution in [3.8, 4) is 0 Å². The summed E-state index contributed by atoms with van der Waals surface area (Å²) >= 11 is 0. The minimum absolute atomic E-state index is 0.0197. The summed E-state index contributed by atoms with van der Waals surface area (Å²) < 4.78 is 11.0. The number of nitrogens with zero attached hydrogens (tertiary/aromatic N) is 1. The lowest BCUT2D eigenvalue weighted by Gasteiger charge is -2.15. The molecular formula is C21H24N2O4. The maximum Gasteiger partial charge on any atom is 0.229 e. The van der Waals surface area contributed by atoms with Gasteiger partial charge in [0.25, 0.3) is 0 Å². The fourth-order valence-corrected chi connectivity index (χ4v) is 3.30. The second-order valence-corrected chi connectivity index (χ2v) is 7.40. The number of nitrogens with one attached hydrogen (secondary N) is 1. The van der Waals surface area contributed by atoms with E-state index < -0.39 is 0 Å². The number of anilines is 1. The summed E-state index contributed by atoms with van der Waals surface area (Å²) in [7, 11) is 0. The van der Waals surface area contributed by atoms with E-state index in [0.717, 1.165) is 29.5 Å². The van der Waals surface area contributed by atoms with Crippen LogP contribution in [0.4, 0.5) is 5.69 Å². The average molecular weight is 368 g/mol. The molecule has 2 amide bonds. The molecule has 2 aromatic rings. The van der Waals surface area contributed by atoms with Crippen molar-refractivity contribution < 1.29 is 18.7 Å². The summed E-state index contributed by atoms with van der Waals surface area (Å²) in [4.78, 5) is 26.4. The molecule has 6 heteroatoms. The van der Waals surface area contributed by atoms with Crippen LogP contribution >= 0.6 is 0 Å². The van der Waals surface area contributed by atoms with Crippen LogP contribution in [-0.2, 0) is 27.5 Å². The predicted molar refractivity (Wildman–Crippen MR) is 99.7 cm³/mol. The molecule has 1 aliphatic heterocycles. The number of carbonyl (C=O) groups excluding carboxylic acids is 2. The van der Waals surface area contributed by atoms with Crippen LogP contribution in [0.25, 0.3) is 0 Å². The summed E-state index contributed by atoms with van der Waals surface area (Å²) in [6, 6.07) is 11.3. The third-order valence-corrected chi connectivity index (χ3v) is 5.03. The average Bonchev–Trinajstić information content (AvgIpc) is 3.19. The highest BCUT2D eigenvalue weighted by molar-refractivity contribution is 5.97. The number of ether oxygens (including phenoxy) is 1. The van der Waals surface area contributed by atoms with Crippen molar-refractivity contribution in [3.63, 3.8) is 0 Å². The van der Waals surface area contributed by atoms with Crippen molar-refractivity contribution in [3.05, 3.63) is 54.0 Å². The number of benzene rings is 1. The topological polar surface area (TPSA) is 71.8 Å². The van der Waals surface area contributed by atoms with Gasteiger partial charge in [-0.05, 0) is 48.6 Å². The molecule has 1 aromatic carbocycles. The lowest BCUT2D eigenvalue weighted by Crippen LogP contribution is -2.27. The number of carbonyl (C=O) groups is 2. The summed E-state index contributed by atoms with van der Waals surface area (Å²) in [5, 5.41) is 2.94. The number of hydrogen-bond acceptors (Lipinski definition) is 4. The quantitative estimate of drug-likeness (QED) is 0.777. The van der Waals surface area contributed by atoms with Crippen molar-refractivity contribution in [1.82, 2.24) is 4.90 Å². The maximum absolute atomic E-state index is 12.6. The molecule has 0 unspecified atom stereocenters. The molecule has 0 spiro atoms. The van der Waals surface area contributed by atoms with Crippen LogP contribution in [0.15, 0.2) is 47.1 Å². The first-order valence-electron chi connectivity index (χ1n) is 9.45. The number of rotatable bonds is 8. The van der Waals surface area contributed by atoms with Crippen molar-refractivity contribution in [2.45, 2.75) is 32.4 Å². The Hall–Kier alpha value is -2.60. The molecule has 1 saturated carbocycles. The van der Waals surface area contributed by atoms with Gasteiger partial charge >= 0.3 is 0 Å². The van der Waals surface area contributed by atoms with E-state index in [4.69, 9.17) is 9.15 Å². The van der Waals surface area contributed by atoms with Crippen molar-refractivity contribution in [2.75, 3.05) is 18.5 Å². The summed E-state index contributed by atoms with van der Waals surface area (Å²) in [5.41, 5.74) is 1.78. The van der Waals surface area contributed by atoms with Gasteiger partial charge in [-0.2, -0.15) is 0 Å². The molecule has 1 saturated heterocycles. The Labute approximate surface area is 158 Å². The summed E-state index contributed by atoms with van der Waals surface area (Å²) in [5.74, 6) is 0.970. The van der Waals surface area contributed by atoms with Gasteiger partial charge in [-0.3, -0.25) is 9.59 Å². The van der Waals surface area contributed by atoms with Crippen LogP contribution in [0.5, 0.6) is 0 Å². The second-order valence-electron chi connectivity index (χ2n) is 7.40. The first kappa shape index (κ1) is 17.8. The molecule has 1 aromatic heterocycles. The Morgan fingerprint density at radius 1 is 1.26 bits per heavy atom. The van der Waals surface area contributed by atoms with Crippen LogP contribution in [0, 0.1) is 11.8 Å². The minimum atomic E-state index is -0.345. The van der Waals surface area contributed by atoms with Crippen molar-refractivity contribution in [2.24, 2.45) is 11.8 Å². The van der Waals surface area contributed by atoms with E-state index in [1.807, 2.05) is 30.3 Å². The van der Waals surface area contributed by atoms with E-state index in [0.29, 0.717) is 19.7 Å². The lowest BCUT2D eigenvalue weighted by molar-refractivity contribution is -0.128. The van der Waals surface area contributed by atoms with E-state index in [9.17, 15) is 9.59 Å². The van der Waals surface area contributed by atoms with E-state index in [-0.39, 0.29) is 24.2 Å². The molecule has 2 aliphatic rings. The molecular weight excluding hydrogens is 344 g/mol. The Kier molecular flexibility index (Phi) is 5.25. The fraction of sp³-hybridized carbons (Fsp3) is 0.429. The van der Waals surface area contributed by atoms with Gasteiger partial charge in [-0.25, -0.2) is 0 Å². The molecule has 1 atom stereocenters. The van der Waals surface area contributed by atoms with Crippen molar-refractivity contribution in [1.29, 1.82) is 0 Å². The van der Waals surface area contributed by atoms with Crippen LogP contribution in [0.2, 0.25) is 0 Å². The molecule has 0 radical (unpaired) electrons. The van der Waals surface area contributed by atoms with Gasteiger partial charge in [-0.1, -0.05) is 12.1 Å². The highest BCUT2D eigenvalue weighted by atomic mass is 16.5. The number of amides is 2. The fourth-order valence-electron chi connectivity index (χ4n) is 3.30.